The third kappa shape index (κ3) is 2.58. The second-order valence-electron chi connectivity index (χ2n) is 2.73. The number of carbonyl (C=O) groups is 1. The molecule has 5 heteroatoms. The molecule has 0 heterocycles. The Morgan fingerprint density at radius 2 is 2.27 bits per heavy atom. The maximum atomic E-state index is 11.3. The summed E-state index contributed by atoms with van der Waals surface area (Å²) < 4.78 is 5.30. The third-order valence-electron chi connectivity index (χ3n) is 1.83. The van der Waals surface area contributed by atoms with E-state index < -0.39 is 5.97 Å². The van der Waals surface area contributed by atoms with E-state index in [0.717, 1.165) is 5.56 Å². The molecule has 1 rings (SSSR count). The van der Waals surface area contributed by atoms with Gasteiger partial charge in [0.15, 0.2) is 0 Å². The lowest BCUT2D eigenvalue weighted by Crippen LogP contribution is -2.03. The van der Waals surface area contributed by atoms with Crippen LogP contribution < -0.4 is 0 Å². The molecule has 0 aliphatic carbocycles. The van der Waals surface area contributed by atoms with Crippen molar-refractivity contribution in [2.75, 3.05) is 7.11 Å². The van der Waals surface area contributed by atoms with Crippen LogP contribution in [0, 0.1) is 11.3 Å². The fraction of sp³-hybridized carbons (Fsp3) is 0.200. The van der Waals surface area contributed by atoms with Crippen LogP contribution in [0.3, 0.4) is 0 Å². The molecule has 0 saturated carbocycles. The molecular weight excluding hydrogens is 326 g/mol. The number of halogens is 2. The van der Waals surface area contributed by atoms with Crippen LogP contribution in [0.25, 0.3) is 0 Å². The van der Waals surface area contributed by atoms with E-state index in [1.807, 2.05) is 6.07 Å². The van der Waals surface area contributed by atoms with Gasteiger partial charge in [-0.25, -0.2) is 4.79 Å². The molecular formula is C10H7Br2NO2. The van der Waals surface area contributed by atoms with Gasteiger partial charge in [-0.15, -0.1) is 0 Å². The van der Waals surface area contributed by atoms with Gasteiger partial charge in [0.1, 0.15) is 6.07 Å². The van der Waals surface area contributed by atoms with Gasteiger partial charge in [-0.1, -0.05) is 15.9 Å². The molecule has 0 aliphatic rings. The predicted octanol–water partition coefficient (Wildman–Crippen LogP) is 3.00. The Morgan fingerprint density at radius 1 is 1.60 bits per heavy atom. The molecule has 0 bridgehead atoms. The molecule has 1 aromatic carbocycles. The second kappa shape index (κ2) is 5.29. The van der Waals surface area contributed by atoms with Crippen LogP contribution in [-0.4, -0.2) is 13.1 Å². The molecule has 0 radical (unpaired) electrons. The Morgan fingerprint density at radius 3 is 2.73 bits per heavy atom. The topological polar surface area (TPSA) is 50.1 Å². The van der Waals surface area contributed by atoms with Crippen LogP contribution in [0.15, 0.2) is 16.6 Å². The zero-order valence-corrected chi connectivity index (χ0v) is 11.1. The number of ether oxygens (including phenoxy) is 1. The van der Waals surface area contributed by atoms with Gasteiger partial charge in [0, 0.05) is 9.80 Å². The van der Waals surface area contributed by atoms with Crippen molar-refractivity contribution in [3.05, 3.63) is 33.3 Å². The van der Waals surface area contributed by atoms with Crippen LogP contribution in [0.1, 0.15) is 21.5 Å². The lowest BCUT2D eigenvalue weighted by Gasteiger charge is -2.06. The standard InChI is InChI=1S/C10H7Br2NO2/c1-15-10(14)6-2-7(4-11)9(12)8(3-6)5-13/h2-3H,4H2,1H3. The molecule has 0 saturated heterocycles. The molecule has 0 spiro atoms. The number of methoxy groups -OCH3 is 1. The van der Waals surface area contributed by atoms with E-state index in [9.17, 15) is 4.79 Å². The predicted molar refractivity (Wildman–Crippen MR) is 62.8 cm³/mol. The van der Waals surface area contributed by atoms with Gasteiger partial charge in [-0.3, -0.25) is 0 Å². The van der Waals surface area contributed by atoms with Crippen molar-refractivity contribution in [3.63, 3.8) is 0 Å². The summed E-state index contributed by atoms with van der Waals surface area (Å²) >= 11 is 6.59. The van der Waals surface area contributed by atoms with Crippen molar-refractivity contribution < 1.29 is 9.53 Å². The summed E-state index contributed by atoms with van der Waals surface area (Å²) in [5.41, 5.74) is 1.65. The summed E-state index contributed by atoms with van der Waals surface area (Å²) in [7, 11) is 1.31. The highest BCUT2D eigenvalue weighted by Crippen LogP contribution is 2.25. The van der Waals surface area contributed by atoms with Crippen molar-refractivity contribution in [1.82, 2.24) is 0 Å². The monoisotopic (exact) mass is 331 g/mol. The molecule has 1 aromatic rings. The first-order valence-electron chi connectivity index (χ1n) is 4.00. The first-order valence-corrected chi connectivity index (χ1v) is 5.92. The zero-order chi connectivity index (χ0) is 11.4. The number of rotatable bonds is 2. The smallest absolute Gasteiger partial charge is 0.337 e. The highest BCUT2D eigenvalue weighted by Gasteiger charge is 2.12. The molecule has 3 nitrogen and oxygen atoms in total. The van der Waals surface area contributed by atoms with Gasteiger partial charge in [-0.05, 0) is 33.6 Å². The minimum absolute atomic E-state index is 0.381. The lowest BCUT2D eigenvalue weighted by molar-refractivity contribution is 0.0600. The fourth-order valence-electron chi connectivity index (χ4n) is 1.10. The molecule has 0 fully saturated rings. The number of alkyl halides is 1. The minimum atomic E-state index is -0.443. The number of nitriles is 1. The minimum Gasteiger partial charge on any atom is -0.465 e. The van der Waals surface area contributed by atoms with Crippen molar-refractivity contribution in [1.29, 1.82) is 5.26 Å². The van der Waals surface area contributed by atoms with Gasteiger partial charge in [-0.2, -0.15) is 5.26 Å². The quantitative estimate of drug-likeness (QED) is 0.618. The van der Waals surface area contributed by atoms with Gasteiger partial charge in [0.05, 0.1) is 18.2 Å². The lowest BCUT2D eigenvalue weighted by atomic mass is 10.1. The van der Waals surface area contributed by atoms with Gasteiger partial charge >= 0.3 is 5.97 Å². The van der Waals surface area contributed by atoms with Crippen molar-refractivity contribution >= 4 is 37.8 Å². The number of hydrogen-bond acceptors (Lipinski definition) is 3. The fourth-order valence-corrected chi connectivity index (χ4v) is 2.38. The summed E-state index contributed by atoms with van der Waals surface area (Å²) in [6.07, 6.45) is 0. The summed E-state index contributed by atoms with van der Waals surface area (Å²) in [4.78, 5) is 11.3. The maximum absolute atomic E-state index is 11.3. The van der Waals surface area contributed by atoms with Crippen molar-refractivity contribution in [2.45, 2.75) is 5.33 Å². The number of hydrogen-bond donors (Lipinski definition) is 0. The molecule has 0 aromatic heterocycles. The molecule has 0 amide bonds. The van der Waals surface area contributed by atoms with Gasteiger partial charge in [0.25, 0.3) is 0 Å². The Balaban J connectivity index is 3.34. The highest BCUT2D eigenvalue weighted by molar-refractivity contribution is 9.10. The second-order valence-corrected chi connectivity index (χ2v) is 4.09. The average Bonchev–Trinajstić information content (AvgIpc) is 2.28. The normalized spacial score (nSPS) is 9.47. The van der Waals surface area contributed by atoms with Gasteiger partial charge in [0.2, 0.25) is 0 Å². The van der Waals surface area contributed by atoms with Crippen LogP contribution in [0.5, 0.6) is 0 Å². The van der Waals surface area contributed by atoms with Crippen molar-refractivity contribution in [3.8, 4) is 6.07 Å². The Bertz CT molecular complexity index is 438. The van der Waals surface area contributed by atoms with E-state index in [4.69, 9.17) is 5.26 Å². The van der Waals surface area contributed by atoms with Crippen molar-refractivity contribution in [2.24, 2.45) is 0 Å². The van der Waals surface area contributed by atoms with Crippen LogP contribution in [-0.2, 0) is 10.1 Å². The molecule has 0 N–H and O–H groups in total. The highest BCUT2D eigenvalue weighted by atomic mass is 79.9. The summed E-state index contributed by atoms with van der Waals surface area (Å²) in [5, 5.41) is 9.43. The molecule has 0 aliphatic heterocycles. The van der Waals surface area contributed by atoms with E-state index in [-0.39, 0.29) is 0 Å². The molecule has 0 atom stereocenters. The van der Waals surface area contributed by atoms with E-state index in [2.05, 4.69) is 36.6 Å². The van der Waals surface area contributed by atoms with Crippen LogP contribution >= 0.6 is 31.9 Å². The molecule has 78 valence electrons. The van der Waals surface area contributed by atoms with Crippen LogP contribution in [0.4, 0.5) is 0 Å². The Labute approximate surface area is 104 Å². The van der Waals surface area contributed by atoms with Crippen LogP contribution in [0.2, 0.25) is 0 Å². The largest absolute Gasteiger partial charge is 0.465 e. The summed E-state index contributed by atoms with van der Waals surface area (Å²) in [6.45, 7) is 0. The summed E-state index contributed by atoms with van der Waals surface area (Å²) in [6, 6.07) is 5.20. The SMILES string of the molecule is COC(=O)c1cc(C#N)c(Br)c(CBr)c1. The number of benzene rings is 1. The average molecular weight is 333 g/mol. The third-order valence-corrected chi connectivity index (χ3v) is 3.37. The number of carbonyl (C=O) groups excluding carboxylic acids is 1. The van der Waals surface area contributed by atoms with E-state index in [0.29, 0.717) is 20.9 Å². The maximum Gasteiger partial charge on any atom is 0.337 e. The summed E-state index contributed by atoms with van der Waals surface area (Å²) in [5.74, 6) is -0.443. The van der Waals surface area contributed by atoms with Gasteiger partial charge < -0.3 is 4.74 Å². The zero-order valence-electron chi connectivity index (χ0n) is 7.88. The van der Waals surface area contributed by atoms with E-state index in [1.165, 1.54) is 13.2 Å². The first-order chi connectivity index (χ1) is 7.13. The number of nitrogens with zero attached hydrogens (tertiary/aromatic N) is 1. The number of esters is 1. The van der Waals surface area contributed by atoms with E-state index in [1.54, 1.807) is 6.07 Å². The Kier molecular flexibility index (Phi) is 4.30. The molecule has 0 unspecified atom stereocenters. The van der Waals surface area contributed by atoms with E-state index >= 15 is 0 Å². The molecule has 15 heavy (non-hydrogen) atoms. The Hall–Kier alpha value is -0.860. The first kappa shape index (κ1) is 12.2.